The van der Waals surface area contributed by atoms with Gasteiger partial charge in [0.15, 0.2) is 0 Å². The average Bonchev–Trinajstić information content (AvgIpc) is 2.52. The van der Waals surface area contributed by atoms with E-state index in [0.29, 0.717) is 19.4 Å². The van der Waals surface area contributed by atoms with Crippen LogP contribution in [0, 0.1) is 0 Å². The molecule has 0 saturated heterocycles. The van der Waals surface area contributed by atoms with Crippen molar-refractivity contribution in [2.45, 2.75) is 51.9 Å². The molecule has 1 heterocycles. The molecule has 22 heavy (non-hydrogen) atoms. The summed E-state index contributed by atoms with van der Waals surface area (Å²) < 4.78 is 4.90. The Morgan fingerprint density at radius 1 is 1.14 bits per heavy atom. The Hall–Kier alpha value is -1.84. The summed E-state index contributed by atoms with van der Waals surface area (Å²) >= 11 is 0. The number of hydrogen-bond acceptors (Lipinski definition) is 3. The summed E-state index contributed by atoms with van der Waals surface area (Å²) in [4.78, 5) is 25.3. The minimum Gasteiger partial charge on any atom is -0.466 e. The number of ether oxygens (including phenoxy) is 1. The molecule has 0 spiro atoms. The Morgan fingerprint density at radius 2 is 1.91 bits per heavy atom. The number of hydrogen-bond donors (Lipinski definition) is 0. The van der Waals surface area contributed by atoms with Gasteiger partial charge in [0.05, 0.1) is 6.61 Å². The van der Waals surface area contributed by atoms with Crippen molar-refractivity contribution in [2.75, 3.05) is 18.1 Å². The molecule has 0 unspecified atom stereocenters. The van der Waals surface area contributed by atoms with Crippen LogP contribution in [0.25, 0.3) is 0 Å². The maximum absolute atomic E-state index is 12.1. The van der Waals surface area contributed by atoms with Crippen LogP contribution in [0.2, 0.25) is 0 Å². The monoisotopic (exact) mass is 303 g/mol. The van der Waals surface area contributed by atoms with Crippen LogP contribution < -0.4 is 4.90 Å². The molecule has 1 amide bonds. The van der Waals surface area contributed by atoms with E-state index in [1.165, 1.54) is 5.56 Å². The van der Waals surface area contributed by atoms with Crippen LogP contribution in [-0.4, -0.2) is 25.0 Å². The fraction of sp³-hybridized carbons (Fsp3) is 0.556. The highest BCUT2D eigenvalue weighted by Gasteiger charge is 2.22. The zero-order chi connectivity index (χ0) is 15.8. The third kappa shape index (κ3) is 4.58. The van der Waals surface area contributed by atoms with E-state index < -0.39 is 0 Å². The number of para-hydroxylation sites is 1. The number of amides is 1. The highest BCUT2D eigenvalue weighted by atomic mass is 16.5. The van der Waals surface area contributed by atoms with Crippen molar-refractivity contribution < 1.29 is 14.3 Å². The second-order valence-electron chi connectivity index (χ2n) is 5.64. The first kappa shape index (κ1) is 16.5. The van der Waals surface area contributed by atoms with Crippen LogP contribution in [0.4, 0.5) is 5.69 Å². The van der Waals surface area contributed by atoms with Gasteiger partial charge in [-0.15, -0.1) is 0 Å². The van der Waals surface area contributed by atoms with Crippen LogP contribution >= 0.6 is 0 Å². The van der Waals surface area contributed by atoms with Gasteiger partial charge in [-0.25, -0.2) is 0 Å². The van der Waals surface area contributed by atoms with Crippen LogP contribution in [0.15, 0.2) is 24.3 Å². The van der Waals surface area contributed by atoms with Gasteiger partial charge in [-0.05, 0) is 37.8 Å². The lowest BCUT2D eigenvalue weighted by Gasteiger charge is -2.29. The van der Waals surface area contributed by atoms with Gasteiger partial charge >= 0.3 is 5.97 Å². The quantitative estimate of drug-likeness (QED) is 0.545. The lowest BCUT2D eigenvalue weighted by molar-refractivity contribution is -0.143. The molecule has 120 valence electrons. The molecule has 0 aromatic heterocycles. The van der Waals surface area contributed by atoms with Crippen molar-refractivity contribution in [2.24, 2.45) is 0 Å². The zero-order valence-electron chi connectivity index (χ0n) is 13.3. The van der Waals surface area contributed by atoms with Crippen LogP contribution in [0.5, 0.6) is 0 Å². The first-order valence-corrected chi connectivity index (χ1v) is 8.26. The molecular weight excluding hydrogens is 278 g/mol. The molecule has 4 heteroatoms. The summed E-state index contributed by atoms with van der Waals surface area (Å²) in [6.07, 6.45) is 5.84. The fourth-order valence-corrected chi connectivity index (χ4v) is 2.87. The number of carbonyl (C=O) groups excluding carboxylic acids is 2. The van der Waals surface area contributed by atoms with Gasteiger partial charge in [0, 0.05) is 25.1 Å². The first-order chi connectivity index (χ1) is 10.7. The molecule has 0 aliphatic carbocycles. The van der Waals surface area contributed by atoms with Crippen LogP contribution in [0.1, 0.15) is 51.0 Å². The predicted molar refractivity (Wildman–Crippen MR) is 86.8 cm³/mol. The summed E-state index contributed by atoms with van der Waals surface area (Å²) in [6.45, 7) is 3.05. The summed E-state index contributed by atoms with van der Waals surface area (Å²) in [7, 11) is 0. The molecule has 0 saturated carbocycles. The molecule has 0 bridgehead atoms. The highest BCUT2D eigenvalue weighted by molar-refractivity contribution is 5.96. The molecule has 1 aliphatic heterocycles. The summed E-state index contributed by atoms with van der Waals surface area (Å²) in [5, 5.41) is 0. The van der Waals surface area contributed by atoms with Crippen molar-refractivity contribution in [3.05, 3.63) is 29.8 Å². The predicted octanol–water partition coefficient (Wildman–Crippen LogP) is 3.48. The molecule has 0 atom stereocenters. The van der Waals surface area contributed by atoms with Gasteiger partial charge in [-0.2, -0.15) is 0 Å². The lowest BCUT2D eigenvalue weighted by atomic mass is 10.0. The summed E-state index contributed by atoms with van der Waals surface area (Å²) in [6, 6.07) is 8.16. The van der Waals surface area contributed by atoms with Crippen LogP contribution in [0.3, 0.4) is 0 Å². The maximum Gasteiger partial charge on any atom is 0.305 e. The Labute approximate surface area is 132 Å². The number of rotatable bonds is 8. The zero-order valence-corrected chi connectivity index (χ0v) is 13.3. The smallest absolute Gasteiger partial charge is 0.305 e. The maximum atomic E-state index is 12.1. The van der Waals surface area contributed by atoms with E-state index in [2.05, 4.69) is 6.07 Å². The number of esters is 1. The number of fused-ring (bicyclic) bond motifs is 1. The first-order valence-electron chi connectivity index (χ1n) is 8.26. The molecule has 1 aromatic rings. The van der Waals surface area contributed by atoms with Gasteiger partial charge in [-0.1, -0.05) is 31.0 Å². The van der Waals surface area contributed by atoms with E-state index in [0.717, 1.165) is 44.3 Å². The second kappa shape index (κ2) is 8.57. The van der Waals surface area contributed by atoms with Gasteiger partial charge in [0.1, 0.15) is 0 Å². The minimum absolute atomic E-state index is 0.109. The molecular formula is C18H25NO3. The molecule has 0 fully saturated rings. The van der Waals surface area contributed by atoms with Gasteiger partial charge in [0.25, 0.3) is 0 Å². The topological polar surface area (TPSA) is 46.6 Å². The Balaban J connectivity index is 1.71. The number of anilines is 1. The number of nitrogens with zero attached hydrogens (tertiary/aromatic N) is 1. The third-order valence-electron chi connectivity index (χ3n) is 4.01. The molecule has 1 aromatic carbocycles. The van der Waals surface area contributed by atoms with E-state index in [1.54, 1.807) is 0 Å². The number of unbranched alkanes of at least 4 members (excludes halogenated alkanes) is 3. The number of benzene rings is 1. The van der Waals surface area contributed by atoms with Crippen molar-refractivity contribution >= 4 is 17.6 Å². The number of aryl methyl sites for hydroxylation is 1. The summed E-state index contributed by atoms with van der Waals surface area (Å²) in [5.41, 5.74) is 2.34. The SMILES string of the molecule is CCOC(=O)CCCCCCN1C(=O)CCc2ccccc21. The fourth-order valence-electron chi connectivity index (χ4n) is 2.87. The van der Waals surface area contributed by atoms with E-state index in [9.17, 15) is 9.59 Å². The second-order valence-corrected chi connectivity index (χ2v) is 5.64. The van der Waals surface area contributed by atoms with E-state index >= 15 is 0 Å². The molecule has 0 N–H and O–H groups in total. The molecule has 4 nitrogen and oxygen atoms in total. The summed E-state index contributed by atoms with van der Waals surface area (Å²) in [5.74, 6) is 0.118. The normalized spacial score (nSPS) is 13.9. The van der Waals surface area contributed by atoms with E-state index in [4.69, 9.17) is 4.74 Å². The van der Waals surface area contributed by atoms with Crippen molar-refractivity contribution in [3.63, 3.8) is 0 Å². The van der Waals surface area contributed by atoms with E-state index in [1.807, 2.05) is 30.0 Å². The van der Waals surface area contributed by atoms with Gasteiger partial charge < -0.3 is 9.64 Å². The third-order valence-corrected chi connectivity index (χ3v) is 4.01. The van der Waals surface area contributed by atoms with Crippen molar-refractivity contribution in [1.29, 1.82) is 0 Å². The Bertz CT molecular complexity index is 513. The minimum atomic E-state index is -0.109. The van der Waals surface area contributed by atoms with Gasteiger partial charge in [-0.3, -0.25) is 9.59 Å². The molecule has 2 rings (SSSR count). The Morgan fingerprint density at radius 3 is 2.73 bits per heavy atom. The van der Waals surface area contributed by atoms with Crippen molar-refractivity contribution in [3.8, 4) is 0 Å². The van der Waals surface area contributed by atoms with Gasteiger partial charge in [0.2, 0.25) is 5.91 Å². The Kier molecular flexibility index (Phi) is 6.44. The average molecular weight is 303 g/mol. The number of carbonyl (C=O) groups is 2. The largest absolute Gasteiger partial charge is 0.466 e. The molecule has 0 radical (unpaired) electrons. The standard InChI is InChI=1S/C18H25NO3/c1-2-22-18(21)11-5-3-4-8-14-19-16-10-7-6-9-15(16)12-13-17(19)20/h6-7,9-10H,2-5,8,11-14H2,1H3. The lowest BCUT2D eigenvalue weighted by Crippen LogP contribution is -2.35. The van der Waals surface area contributed by atoms with Crippen molar-refractivity contribution in [1.82, 2.24) is 0 Å². The highest BCUT2D eigenvalue weighted by Crippen LogP contribution is 2.27. The van der Waals surface area contributed by atoms with E-state index in [-0.39, 0.29) is 11.9 Å². The molecule has 1 aliphatic rings. The van der Waals surface area contributed by atoms with Crippen LogP contribution in [-0.2, 0) is 20.7 Å².